The summed E-state index contributed by atoms with van der Waals surface area (Å²) < 4.78 is 1.88. The van der Waals surface area contributed by atoms with E-state index < -0.39 is 0 Å². The van der Waals surface area contributed by atoms with Crippen LogP contribution in [0.3, 0.4) is 0 Å². The lowest BCUT2D eigenvalue weighted by Crippen LogP contribution is -2.19. The number of hydrogen-bond donors (Lipinski definition) is 4. The van der Waals surface area contributed by atoms with Crippen LogP contribution in [0, 0.1) is 13.8 Å². The van der Waals surface area contributed by atoms with Gasteiger partial charge < -0.3 is 15.7 Å². The maximum absolute atomic E-state index is 12.5. The van der Waals surface area contributed by atoms with E-state index in [0.717, 1.165) is 28.0 Å². The summed E-state index contributed by atoms with van der Waals surface area (Å²) in [7, 11) is 1.56. The zero-order valence-corrected chi connectivity index (χ0v) is 20.1. The molecular formula is C25H25N9O2. The number of aromatic amines is 1. The van der Waals surface area contributed by atoms with Crippen LogP contribution in [-0.4, -0.2) is 59.6 Å². The highest BCUT2D eigenvalue weighted by Gasteiger charge is 2.22. The fraction of sp³-hybridized carbons (Fsp3) is 0.200. The Labute approximate surface area is 206 Å². The number of nitrogens with zero attached hydrogens (tertiary/aromatic N) is 6. The monoisotopic (exact) mass is 483 g/mol. The molecule has 5 rings (SSSR count). The molecule has 4 aromatic heterocycles. The number of hydrogen-bond acceptors (Lipinski definition) is 8. The predicted octanol–water partition coefficient (Wildman–Crippen LogP) is 2.86. The average molecular weight is 484 g/mol. The number of aliphatic hydroxyl groups is 1. The number of carbonyl (C=O) groups excluding carboxylic acids is 1. The van der Waals surface area contributed by atoms with Crippen LogP contribution < -0.4 is 10.6 Å². The van der Waals surface area contributed by atoms with E-state index in [1.165, 1.54) is 0 Å². The van der Waals surface area contributed by atoms with Gasteiger partial charge >= 0.3 is 0 Å². The first-order valence-corrected chi connectivity index (χ1v) is 11.4. The molecule has 0 saturated carbocycles. The first-order chi connectivity index (χ1) is 17.5. The second-order valence-corrected chi connectivity index (χ2v) is 8.31. The van der Waals surface area contributed by atoms with Crippen LogP contribution in [0.2, 0.25) is 0 Å². The van der Waals surface area contributed by atoms with Crippen LogP contribution in [0.15, 0.2) is 48.8 Å². The van der Waals surface area contributed by atoms with Crippen LogP contribution in [0.25, 0.3) is 28.1 Å². The molecule has 1 amide bonds. The van der Waals surface area contributed by atoms with Crippen molar-refractivity contribution in [1.29, 1.82) is 0 Å². The quantitative estimate of drug-likeness (QED) is 0.276. The minimum atomic E-state index is -0.320. The number of carbonyl (C=O) groups is 1. The summed E-state index contributed by atoms with van der Waals surface area (Å²) in [5.41, 5.74) is 6.24. The first-order valence-electron chi connectivity index (χ1n) is 11.4. The molecule has 11 heteroatoms. The van der Waals surface area contributed by atoms with Crippen molar-refractivity contribution in [2.24, 2.45) is 0 Å². The van der Waals surface area contributed by atoms with E-state index in [1.807, 2.05) is 60.9 Å². The average Bonchev–Trinajstić information content (AvgIpc) is 3.48. The van der Waals surface area contributed by atoms with E-state index in [2.05, 4.69) is 36.0 Å². The van der Waals surface area contributed by atoms with E-state index in [0.29, 0.717) is 35.0 Å². The number of aryl methyl sites for hydroxylation is 2. The molecule has 0 bridgehead atoms. The fourth-order valence-corrected chi connectivity index (χ4v) is 4.03. The van der Waals surface area contributed by atoms with Crippen LogP contribution in [0.1, 0.15) is 27.4 Å². The Kier molecular flexibility index (Phi) is 6.13. The Morgan fingerprint density at radius 1 is 1.11 bits per heavy atom. The Bertz CT molecular complexity index is 1550. The highest BCUT2D eigenvalue weighted by Crippen LogP contribution is 2.30. The third-order valence-corrected chi connectivity index (χ3v) is 5.84. The second-order valence-electron chi connectivity index (χ2n) is 8.31. The van der Waals surface area contributed by atoms with Crippen molar-refractivity contribution in [3.05, 3.63) is 71.4 Å². The highest BCUT2D eigenvalue weighted by molar-refractivity contribution is 5.99. The van der Waals surface area contributed by atoms with Crippen LogP contribution in [-0.2, 0) is 6.42 Å². The number of H-pyrrole nitrogens is 1. The molecule has 0 saturated heterocycles. The Balaban J connectivity index is 1.60. The molecule has 0 aliphatic heterocycles. The molecule has 0 radical (unpaired) electrons. The van der Waals surface area contributed by atoms with Gasteiger partial charge in [0.15, 0.2) is 11.5 Å². The summed E-state index contributed by atoms with van der Waals surface area (Å²) in [5.74, 6) is 0.932. The van der Waals surface area contributed by atoms with Crippen LogP contribution in [0.5, 0.6) is 0 Å². The zero-order valence-electron chi connectivity index (χ0n) is 20.1. The summed E-state index contributed by atoms with van der Waals surface area (Å²) in [6.45, 7) is 3.67. The topological polar surface area (TPSA) is 147 Å². The van der Waals surface area contributed by atoms with E-state index in [9.17, 15) is 9.90 Å². The molecule has 5 aromatic rings. The summed E-state index contributed by atoms with van der Waals surface area (Å²) in [4.78, 5) is 21.9. The summed E-state index contributed by atoms with van der Waals surface area (Å²) in [5, 5.41) is 30.9. The van der Waals surface area contributed by atoms with Crippen molar-refractivity contribution in [2.75, 3.05) is 19.0 Å². The molecule has 0 aliphatic rings. The van der Waals surface area contributed by atoms with Crippen molar-refractivity contribution in [2.45, 2.75) is 20.3 Å². The molecule has 0 aliphatic carbocycles. The van der Waals surface area contributed by atoms with Gasteiger partial charge in [0, 0.05) is 25.0 Å². The maximum atomic E-state index is 12.5. The summed E-state index contributed by atoms with van der Waals surface area (Å²) in [6, 6.07) is 13.3. The fourth-order valence-electron chi connectivity index (χ4n) is 4.03. The molecular weight excluding hydrogens is 458 g/mol. The molecule has 36 heavy (non-hydrogen) atoms. The minimum Gasteiger partial charge on any atom is -0.396 e. The van der Waals surface area contributed by atoms with Crippen molar-refractivity contribution >= 4 is 28.4 Å². The Hall–Kier alpha value is -4.64. The van der Waals surface area contributed by atoms with Crippen molar-refractivity contribution in [1.82, 2.24) is 40.2 Å². The molecule has 4 N–H and O–H groups in total. The van der Waals surface area contributed by atoms with Crippen molar-refractivity contribution in [3.8, 4) is 17.1 Å². The first kappa shape index (κ1) is 23.1. The summed E-state index contributed by atoms with van der Waals surface area (Å²) in [6.07, 6.45) is 2.09. The van der Waals surface area contributed by atoms with E-state index >= 15 is 0 Å². The number of pyridine rings is 1. The standard InChI is InChI=1S/C25H25N9O2/c1-14-4-8-20(32-30-14)28-17-6-7-18-19(12-17)34(13-27-18)21-9-5-16(10-11-35)23(29-21)22-15(2)31-33-24(22)25(36)26-3/h4-9,12-13,35H,10-11H2,1-3H3,(H,26,36)(H,28,32)(H,31,33). The van der Waals surface area contributed by atoms with Gasteiger partial charge in [-0.25, -0.2) is 9.97 Å². The van der Waals surface area contributed by atoms with Gasteiger partial charge in [0.2, 0.25) is 0 Å². The Morgan fingerprint density at radius 3 is 2.72 bits per heavy atom. The number of nitrogens with one attached hydrogen (secondary N) is 3. The zero-order chi connectivity index (χ0) is 25.2. The number of fused-ring (bicyclic) bond motifs is 1. The van der Waals surface area contributed by atoms with Crippen molar-refractivity contribution < 1.29 is 9.90 Å². The van der Waals surface area contributed by atoms with Gasteiger partial charge in [-0.15, -0.1) is 5.10 Å². The largest absolute Gasteiger partial charge is 0.396 e. The van der Waals surface area contributed by atoms with Gasteiger partial charge in [-0.05, 0) is 62.2 Å². The molecule has 0 fully saturated rings. The van der Waals surface area contributed by atoms with Gasteiger partial charge in [0.1, 0.15) is 12.1 Å². The number of rotatable bonds is 7. The number of aliphatic hydroxyl groups excluding tert-OH is 1. The van der Waals surface area contributed by atoms with Crippen LogP contribution >= 0.6 is 0 Å². The highest BCUT2D eigenvalue weighted by atomic mass is 16.3. The molecule has 0 unspecified atom stereocenters. The third kappa shape index (κ3) is 4.27. The lowest BCUT2D eigenvalue weighted by molar-refractivity contribution is 0.0958. The maximum Gasteiger partial charge on any atom is 0.272 e. The third-order valence-electron chi connectivity index (χ3n) is 5.84. The smallest absolute Gasteiger partial charge is 0.272 e. The van der Waals surface area contributed by atoms with E-state index in [1.54, 1.807) is 13.4 Å². The molecule has 182 valence electrons. The van der Waals surface area contributed by atoms with Crippen molar-refractivity contribution in [3.63, 3.8) is 0 Å². The Morgan fingerprint density at radius 2 is 1.97 bits per heavy atom. The lowest BCUT2D eigenvalue weighted by atomic mass is 10.0. The number of aromatic nitrogens is 7. The minimum absolute atomic E-state index is 0.0504. The molecule has 11 nitrogen and oxygen atoms in total. The number of imidazole rings is 1. The van der Waals surface area contributed by atoms with Gasteiger partial charge in [0.25, 0.3) is 5.91 Å². The molecule has 4 heterocycles. The SMILES string of the molecule is CNC(=O)c1n[nH]c(C)c1-c1nc(-n2cnc3ccc(Nc4ccc(C)nn4)cc32)ccc1CCO. The van der Waals surface area contributed by atoms with Gasteiger partial charge in [0.05, 0.1) is 28.0 Å². The number of amides is 1. The van der Waals surface area contributed by atoms with Gasteiger partial charge in [-0.1, -0.05) is 6.07 Å². The molecule has 0 atom stereocenters. The predicted molar refractivity (Wildman–Crippen MR) is 135 cm³/mol. The van der Waals surface area contributed by atoms with Crippen LogP contribution in [0.4, 0.5) is 11.5 Å². The number of anilines is 2. The molecule has 1 aromatic carbocycles. The normalized spacial score (nSPS) is 11.1. The lowest BCUT2D eigenvalue weighted by Gasteiger charge is -2.13. The second kappa shape index (κ2) is 9.55. The van der Waals surface area contributed by atoms with E-state index in [4.69, 9.17) is 4.98 Å². The van der Waals surface area contributed by atoms with Gasteiger partial charge in [-0.3, -0.25) is 14.5 Å². The van der Waals surface area contributed by atoms with E-state index in [-0.39, 0.29) is 18.2 Å². The summed E-state index contributed by atoms with van der Waals surface area (Å²) >= 11 is 0. The van der Waals surface area contributed by atoms with Gasteiger partial charge in [-0.2, -0.15) is 10.2 Å². The molecule has 0 spiro atoms. The number of benzene rings is 1.